The van der Waals surface area contributed by atoms with E-state index < -0.39 is 0 Å². The van der Waals surface area contributed by atoms with Crippen LogP contribution in [0, 0.1) is 0 Å². The van der Waals surface area contributed by atoms with Crippen molar-refractivity contribution in [3.63, 3.8) is 0 Å². The van der Waals surface area contributed by atoms with Crippen LogP contribution in [0.5, 0.6) is 11.5 Å². The van der Waals surface area contributed by atoms with Crippen molar-refractivity contribution in [3.05, 3.63) is 58.1 Å². The molecule has 0 amide bonds. The van der Waals surface area contributed by atoms with E-state index in [0.29, 0.717) is 11.5 Å². The van der Waals surface area contributed by atoms with Gasteiger partial charge in [-0.2, -0.15) is 0 Å². The van der Waals surface area contributed by atoms with E-state index in [9.17, 15) is 10.2 Å². The lowest BCUT2D eigenvalue weighted by Crippen LogP contribution is -2.27. The summed E-state index contributed by atoms with van der Waals surface area (Å²) in [5, 5.41) is 21.3. The summed E-state index contributed by atoms with van der Waals surface area (Å²) in [5.41, 5.74) is 4.76. The number of rotatable bonds is 2. The zero-order chi connectivity index (χ0) is 22.6. The van der Waals surface area contributed by atoms with Crippen LogP contribution in [-0.4, -0.2) is 10.2 Å². The van der Waals surface area contributed by atoms with Gasteiger partial charge in [-0.3, -0.25) is 0 Å². The Morgan fingerprint density at radius 1 is 0.517 bits per heavy atom. The molecule has 0 heterocycles. The maximum absolute atomic E-state index is 11.1. The Balaban J connectivity index is 2.87. The number of benzene rings is 2. The van der Waals surface area contributed by atoms with E-state index in [1.165, 1.54) is 11.1 Å². The summed E-state index contributed by atoms with van der Waals surface area (Å²) < 4.78 is 0. The minimum atomic E-state index is -0.288. The third-order valence-corrected chi connectivity index (χ3v) is 5.93. The third-order valence-electron chi connectivity index (χ3n) is 5.93. The highest BCUT2D eigenvalue weighted by Crippen LogP contribution is 2.45. The Labute approximate surface area is 178 Å². The van der Waals surface area contributed by atoms with Crippen molar-refractivity contribution in [3.8, 4) is 11.5 Å². The molecule has 0 aliphatic heterocycles. The second-order valence-electron chi connectivity index (χ2n) is 12.0. The van der Waals surface area contributed by atoms with Crippen molar-refractivity contribution in [2.75, 3.05) is 0 Å². The minimum absolute atomic E-state index is 0.0953. The average Bonchev–Trinajstić information content (AvgIpc) is 2.51. The predicted octanol–water partition coefficient (Wildman–Crippen LogP) is 7.32. The van der Waals surface area contributed by atoms with Crippen LogP contribution in [-0.2, 0) is 21.7 Å². The van der Waals surface area contributed by atoms with Crippen LogP contribution in [0.1, 0.15) is 104 Å². The van der Waals surface area contributed by atoms with E-state index in [4.69, 9.17) is 0 Å². The number of phenolic OH excluding ortho intramolecular Hbond substituents is 2. The van der Waals surface area contributed by atoms with Crippen LogP contribution < -0.4 is 0 Å². The summed E-state index contributed by atoms with van der Waals surface area (Å²) in [6, 6.07) is 10.1. The van der Waals surface area contributed by atoms with Gasteiger partial charge in [-0.15, -0.1) is 0 Å². The van der Waals surface area contributed by atoms with Crippen LogP contribution in [0.25, 0.3) is 0 Å². The summed E-state index contributed by atoms with van der Waals surface area (Å²) in [6.45, 7) is 23.9. The topological polar surface area (TPSA) is 40.5 Å². The molecule has 0 saturated carbocycles. The summed E-state index contributed by atoms with van der Waals surface area (Å²) in [6.07, 6.45) is 0. The smallest absolute Gasteiger partial charge is 0.123 e. The van der Waals surface area contributed by atoms with Gasteiger partial charge in [-0.05, 0) is 56.2 Å². The van der Waals surface area contributed by atoms with Gasteiger partial charge >= 0.3 is 0 Å². The molecule has 2 rings (SSSR count). The first kappa shape index (κ1) is 23.3. The maximum Gasteiger partial charge on any atom is 0.123 e. The Morgan fingerprint density at radius 2 is 0.931 bits per heavy atom. The molecular weight excluding hydrogens is 356 g/mol. The van der Waals surface area contributed by atoms with Crippen molar-refractivity contribution in [2.24, 2.45) is 0 Å². The molecule has 0 aliphatic rings. The Hall–Kier alpha value is -1.96. The minimum Gasteiger partial charge on any atom is -0.508 e. The number of aromatic hydroxyl groups is 2. The fraction of sp³-hybridized carbons (Fsp3) is 0.556. The van der Waals surface area contributed by atoms with E-state index >= 15 is 0 Å². The van der Waals surface area contributed by atoms with E-state index in [0.717, 1.165) is 16.7 Å². The van der Waals surface area contributed by atoms with Gasteiger partial charge in [0.25, 0.3) is 0 Å². The van der Waals surface area contributed by atoms with Gasteiger partial charge in [0, 0.05) is 5.41 Å². The van der Waals surface area contributed by atoms with Crippen molar-refractivity contribution < 1.29 is 10.2 Å². The first-order valence-corrected chi connectivity index (χ1v) is 10.6. The second-order valence-corrected chi connectivity index (χ2v) is 12.0. The fourth-order valence-corrected chi connectivity index (χ4v) is 3.99. The molecular formula is C27H40O2. The zero-order valence-electron chi connectivity index (χ0n) is 20.3. The van der Waals surface area contributed by atoms with Gasteiger partial charge in [0.15, 0.2) is 0 Å². The highest BCUT2D eigenvalue weighted by atomic mass is 16.3. The molecule has 2 nitrogen and oxygen atoms in total. The van der Waals surface area contributed by atoms with Crippen molar-refractivity contribution >= 4 is 0 Å². The molecule has 0 fully saturated rings. The third kappa shape index (κ3) is 4.63. The number of hydrogen-bond acceptors (Lipinski definition) is 2. The molecule has 2 N–H and O–H groups in total. The quantitative estimate of drug-likeness (QED) is 0.558. The molecule has 2 aromatic rings. The molecule has 0 aliphatic carbocycles. The summed E-state index contributed by atoms with van der Waals surface area (Å²) in [7, 11) is 0. The van der Waals surface area contributed by atoms with E-state index in [1.54, 1.807) is 6.07 Å². The molecule has 0 spiro atoms. The lowest BCUT2D eigenvalue weighted by molar-refractivity contribution is 0.421. The van der Waals surface area contributed by atoms with Gasteiger partial charge in [0.05, 0.1) is 0 Å². The van der Waals surface area contributed by atoms with Gasteiger partial charge in [-0.25, -0.2) is 0 Å². The largest absolute Gasteiger partial charge is 0.508 e. The van der Waals surface area contributed by atoms with Gasteiger partial charge in [-0.1, -0.05) is 94.4 Å². The highest BCUT2D eigenvalue weighted by Gasteiger charge is 2.34. The van der Waals surface area contributed by atoms with Crippen LogP contribution in [0.4, 0.5) is 0 Å². The standard InChI is InChI=1S/C27H40O2/c1-24(2,3)20-16-18(28)12-13-19(20)27(10,11)17-14-21(25(4,5)6)23(29)22(15-17)26(7,8)9/h12-16,28-29H,1-11H3. The summed E-state index contributed by atoms with van der Waals surface area (Å²) >= 11 is 0. The fourth-order valence-electron chi connectivity index (χ4n) is 3.99. The van der Waals surface area contributed by atoms with Gasteiger partial charge in [0.2, 0.25) is 0 Å². The Kier molecular flexibility index (Phi) is 5.69. The van der Waals surface area contributed by atoms with Crippen LogP contribution in [0.2, 0.25) is 0 Å². The number of hydrogen-bond donors (Lipinski definition) is 2. The van der Waals surface area contributed by atoms with Crippen LogP contribution in [0.15, 0.2) is 30.3 Å². The van der Waals surface area contributed by atoms with Crippen molar-refractivity contribution in [1.29, 1.82) is 0 Å². The monoisotopic (exact) mass is 396 g/mol. The lowest BCUT2D eigenvalue weighted by atomic mass is 9.68. The Morgan fingerprint density at radius 3 is 1.31 bits per heavy atom. The van der Waals surface area contributed by atoms with Crippen LogP contribution in [0.3, 0.4) is 0 Å². The molecule has 0 unspecified atom stereocenters. The highest BCUT2D eigenvalue weighted by molar-refractivity contribution is 5.55. The van der Waals surface area contributed by atoms with Crippen molar-refractivity contribution in [1.82, 2.24) is 0 Å². The van der Waals surface area contributed by atoms with E-state index in [-0.39, 0.29) is 21.7 Å². The molecule has 0 radical (unpaired) electrons. The van der Waals surface area contributed by atoms with Gasteiger partial charge < -0.3 is 10.2 Å². The van der Waals surface area contributed by atoms with E-state index in [2.05, 4.69) is 94.4 Å². The first-order valence-electron chi connectivity index (χ1n) is 10.6. The average molecular weight is 397 g/mol. The molecule has 0 atom stereocenters. The molecule has 160 valence electrons. The summed E-state index contributed by atoms with van der Waals surface area (Å²) in [5.74, 6) is 0.706. The first-order chi connectivity index (χ1) is 12.9. The lowest BCUT2D eigenvalue weighted by Gasteiger charge is -2.36. The molecule has 0 saturated heterocycles. The maximum atomic E-state index is 11.1. The molecule has 29 heavy (non-hydrogen) atoms. The number of phenols is 2. The van der Waals surface area contributed by atoms with E-state index in [1.807, 2.05) is 6.07 Å². The zero-order valence-corrected chi connectivity index (χ0v) is 20.3. The Bertz CT molecular complexity index is 863. The van der Waals surface area contributed by atoms with Crippen molar-refractivity contribution in [2.45, 2.75) is 97.8 Å². The molecule has 2 aromatic carbocycles. The molecule has 0 aromatic heterocycles. The van der Waals surface area contributed by atoms with Crippen LogP contribution >= 0.6 is 0 Å². The van der Waals surface area contributed by atoms with Gasteiger partial charge in [0.1, 0.15) is 11.5 Å². The second kappa shape index (κ2) is 7.07. The molecule has 0 bridgehead atoms. The predicted molar refractivity (Wildman–Crippen MR) is 124 cm³/mol. The SMILES string of the molecule is CC(C)(C)c1cc(O)ccc1C(C)(C)c1cc(C(C)(C)C)c(O)c(C(C)(C)C)c1. The summed E-state index contributed by atoms with van der Waals surface area (Å²) in [4.78, 5) is 0. The molecule has 2 heteroatoms. The normalized spacial score (nSPS) is 13.6.